The molecule has 47 heavy (non-hydrogen) atoms. The Morgan fingerprint density at radius 2 is 1.85 bits per heavy atom. The third kappa shape index (κ3) is 7.45. The van der Waals surface area contributed by atoms with E-state index >= 15 is 0 Å². The van der Waals surface area contributed by atoms with Crippen LogP contribution in [0.4, 0.5) is 35.6 Å². The topological polar surface area (TPSA) is 126 Å². The predicted molar refractivity (Wildman–Crippen MR) is 171 cm³/mol. The van der Waals surface area contributed by atoms with Crippen LogP contribution in [0.1, 0.15) is 36.6 Å². The zero-order chi connectivity index (χ0) is 34.2. The van der Waals surface area contributed by atoms with E-state index in [1.165, 1.54) is 29.4 Å². The van der Waals surface area contributed by atoms with Crippen molar-refractivity contribution in [2.75, 3.05) is 22.6 Å². The molecule has 1 atom stereocenters. The highest BCUT2D eigenvalue weighted by Crippen LogP contribution is 3.02. The molecule has 1 aliphatic heterocycles. The summed E-state index contributed by atoms with van der Waals surface area (Å²) in [5.74, 6) is -0.120. The van der Waals surface area contributed by atoms with Gasteiger partial charge in [0.1, 0.15) is 17.3 Å². The SMILES string of the molecule is CCOC(C)c1ccc(C)cc1N1C(=O)CS/C1=N\C(=O)Nc1ccc(-c2ncn(-c3ccc(S(F)(F)(F)(F)F)cc3)n2)cc1C#N. The molecular weight excluding hydrogens is 666 g/mol. The summed E-state index contributed by atoms with van der Waals surface area (Å²) in [6, 6.07) is 13.2. The molecule has 1 saturated heterocycles. The van der Waals surface area contributed by atoms with Crippen molar-refractivity contribution in [1.29, 1.82) is 5.26 Å². The van der Waals surface area contributed by atoms with Crippen LogP contribution < -0.4 is 10.2 Å². The fourth-order valence-electron chi connectivity index (χ4n) is 4.70. The molecule has 1 aromatic heterocycles. The molecule has 0 radical (unpaired) electrons. The first-order chi connectivity index (χ1) is 22.0. The number of carbonyl (C=O) groups is 2. The largest absolute Gasteiger partial charge is 0.374 e. The van der Waals surface area contributed by atoms with Gasteiger partial charge in [-0.15, -0.1) is 5.10 Å². The van der Waals surface area contributed by atoms with Crippen LogP contribution in [0.2, 0.25) is 0 Å². The van der Waals surface area contributed by atoms with Crippen molar-refractivity contribution >= 4 is 50.5 Å². The van der Waals surface area contributed by atoms with E-state index in [0.717, 1.165) is 39.7 Å². The third-order valence-electron chi connectivity index (χ3n) is 6.92. The smallest absolute Gasteiger partial charge is 0.347 e. The molecule has 17 heteroatoms. The van der Waals surface area contributed by atoms with Gasteiger partial charge >= 0.3 is 16.3 Å². The maximum Gasteiger partial charge on any atom is 0.347 e. The summed E-state index contributed by atoms with van der Waals surface area (Å²) >= 11 is 1.09. The molecule has 4 aromatic rings. The first kappa shape index (κ1) is 33.6. The van der Waals surface area contributed by atoms with Gasteiger partial charge in [-0.25, -0.2) is 14.5 Å². The Morgan fingerprint density at radius 3 is 2.51 bits per heavy atom. The highest BCUT2D eigenvalue weighted by Gasteiger charge is 2.65. The fourth-order valence-corrected chi connectivity index (χ4v) is 6.21. The minimum absolute atomic E-state index is 0.0196. The molecule has 0 spiro atoms. The number of amides is 3. The standard InChI is InChI=1S/C30H26F5N7O3S2/c1-4-45-19(3)24-11-5-18(2)13-26(24)42-27(43)16-46-30(42)39-29(44)38-25-12-6-20(14-21(25)15-36)28-37-17-41(40-28)22-7-9-23(10-8-22)47(31,32,33,34)35/h5-14,17,19H,4,16H2,1-3H3,(H,38,44)/b39-30-. The van der Waals surface area contributed by atoms with Gasteiger partial charge in [0.15, 0.2) is 11.0 Å². The second-order valence-corrected chi connectivity index (χ2v) is 13.7. The number of thioether (sulfide) groups is 1. The number of aliphatic imine (C=N–C) groups is 1. The van der Waals surface area contributed by atoms with E-state index in [-0.39, 0.29) is 57.8 Å². The Hall–Kier alpha value is -4.79. The molecule has 2 heterocycles. The Morgan fingerprint density at radius 1 is 1.13 bits per heavy atom. The van der Waals surface area contributed by atoms with Crippen LogP contribution in [0, 0.1) is 18.3 Å². The molecule has 1 fully saturated rings. The van der Waals surface area contributed by atoms with E-state index in [1.807, 2.05) is 45.0 Å². The van der Waals surface area contributed by atoms with Crippen molar-refractivity contribution in [2.24, 2.45) is 4.99 Å². The molecule has 0 bridgehead atoms. The van der Waals surface area contributed by atoms with Crippen LogP contribution >= 0.6 is 22.0 Å². The minimum Gasteiger partial charge on any atom is -0.374 e. The molecule has 5 rings (SSSR count). The number of nitrogens with one attached hydrogen (secondary N) is 1. The van der Waals surface area contributed by atoms with E-state index in [4.69, 9.17) is 4.74 Å². The fraction of sp³-hybridized carbons (Fsp3) is 0.200. The van der Waals surface area contributed by atoms with Crippen LogP contribution in [-0.4, -0.2) is 44.2 Å². The summed E-state index contributed by atoms with van der Waals surface area (Å²) in [5.41, 5.74) is 2.69. The number of nitrogens with zero attached hydrogens (tertiary/aromatic N) is 6. The van der Waals surface area contributed by atoms with Gasteiger partial charge < -0.3 is 10.1 Å². The lowest BCUT2D eigenvalue weighted by atomic mass is 10.0. The predicted octanol–water partition coefficient (Wildman–Crippen LogP) is 8.54. The lowest BCUT2D eigenvalue weighted by Crippen LogP contribution is -2.31. The van der Waals surface area contributed by atoms with Crippen molar-refractivity contribution in [1.82, 2.24) is 14.8 Å². The number of hydrogen-bond donors (Lipinski definition) is 1. The number of aromatic nitrogens is 3. The van der Waals surface area contributed by atoms with Gasteiger partial charge in [0.25, 0.3) is 0 Å². The van der Waals surface area contributed by atoms with E-state index in [2.05, 4.69) is 20.4 Å². The summed E-state index contributed by atoms with van der Waals surface area (Å²) < 4.78 is 72.1. The third-order valence-corrected chi connectivity index (χ3v) is 9.01. The van der Waals surface area contributed by atoms with Crippen molar-refractivity contribution in [3.63, 3.8) is 0 Å². The van der Waals surface area contributed by atoms with Crippen molar-refractivity contribution in [3.8, 4) is 23.1 Å². The lowest BCUT2D eigenvalue weighted by Gasteiger charge is -2.40. The first-order valence-corrected chi connectivity index (χ1v) is 16.8. The minimum atomic E-state index is -9.83. The van der Waals surface area contributed by atoms with Gasteiger partial charge in [0.05, 0.1) is 34.5 Å². The maximum absolute atomic E-state index is 13.1. The monoisotopic (exact) mass is 691 g/mol. The van der Waals surface area contributed by atoms with Crippen molar-refractivity contribution in [2.45, 2.75) is 31.8 Å². The molecule has 3 amide bonds. The van der Waals surface area contributed by atoms with Crippen LogP contribution in [0.25, 0.3) is 17.1 Å². The van der Waals surface area contributed by atoms with E-state index in [9.17, 15) is 34.3 Å². The Bertz CT molecular complexity index is 1960. The average molecular weight is 692 g/mol. The number of benzene rings is 3. The summed E-state index contributed by atoms with van der Waals surface area (Å²) in [6.45, 7) is 6.06. The Kier molecular flexibility index (Phi) is 8.41. The number of nitriles is 1. The lowest BCUT2D eigenvalue weighted by molar-refractivity contribution is -0.115. The van der Waals surface area contributed by atoms with Crippen LogP contribution in [-0.2, 0) is 9.53 Å². The molecule has 10 nitrogen and oxygen atoms in total. The van der Waals surface area contributed by atoms with Gasteiger partial charge in [-0.05, 0) is 74.9 Å². The Labute approximate surface area is 270 Å². The zero-order valence-corrected chi connectivity index (χ0v) is 26.6. The highest BCUT2D eigenvalue weighted by molar-refractivity contribution is 8.45. The van der Waals surface area contributed by atoms with Crippen LogP contribution in [0.3, 0.4) is 0 Å². The maximum atomic E-state index is 13.1. The highest BCUT2D eigenvalue weighted by atomic mass is 32.5. The van der Waals surface area contributed by atoms with E-state index in [0.29, 0.717) is 17.9 Å². The van der Waals surface area contributed by atoms with E-state index < -0.39 is 21.2 Å². The molecule has 246 valence electrons. The molecule has 3 aromatic carbocycles. The van der Waals surface area contributed by atoms with Crippen molar-refractivity contribution in [3.05, 3.63) is 83.7 Å². The van der Waals surface area contributed by atoms with Crippen molar-refractivity contribution < 1.29 is 33.8 Å². The van der Waals surface area contributed by atoms with Gasteiger partial charge in [-0.3, -0.25) is 9.69 Å². The summed E-state index contributed by atoms with van der Waals surface area (Å²) in [4.78, 5) is 33.5. The zero-order valence-electron chi connectivity index (χ0n) is 25.0. The van der Waals surface area contributed by atoms with Crippen LogP contribution in [0.15, 0.2) is 76.9 Å². The molecule has 0 saturated carbocycles. The second-order valence-electron chi connectivity index (χ2n) is 10.3. The number of hydrogen-bond acceptors (Lipinski definition) is 7. The number of urea groups is 1. The molecular formula is C30H26F5N7O3S2. The molecule has 1 aliphatic rings. The summed E-state index contributed by atoms with van der Waals surface area (Å²) in [5, 5.41) is 16.7. The molecule has 1 unspecified atom stereocenters. The number of amidine groups is 1. The molecule has 1 N–H and O–H groups in total. The molecule has 0 aliphatic carbocycles. The second kappa shape index (κ2) is 11.8. The van der Waals surface area contributed by atoms with Gasteiger partial charge in [-0.2, -0.15) is 10.3 Å². The van der Waals surface area contributed by atoms with Gasteiger partial charge in [-0.1, -0.05) is 43.3 Å². The number of carbonyl (C=O) groups excluding carboxylic acids is 2. The van der Waals surface area contributed by atoms with Gasteiger partial charge in [0, 0.05) is 17.7 Å². The number of ether oxygens (including phenoxy) is 1. The number of anilines is 2. The van der Waals surface area contributed by atoms with Gasteiger partial charge in [0.2, 0.25) is 5.91 Å². The quantitative estimate of drug-likeness (QED) is 0.184. The normalized spacial score (nSPS) is 16.4. The number of rotatable bonds is 8. The van der Waals surface area contributed by atoms with Crippen LogP contribution in [0.5, 0.6) is 0 Å². The summed E-state index contributed by atoms with van der Waals surface area (Å²) in [6.07, 6.45) is 0.842. The Balaban J connectivity index is 1.36. The number of aryl methyl sites for hydroxylation is 1. The first-order valence-electron chi connectivity index (χ1n) is 13.9. The average Bonchev–Trinajstić information content (AvgIpc) is 3.63. The summed E-state index contributed by atoms with van der Waals surface area (Å²) in [7, 11) is -9.83. The van der Waals surface area contributed by atoms with E-state index in [1.54, 1.807) is 0 Å². The number of halogens is 5.